The molecule has 0 fully saturated rings. The van der Waals surface area contributed by atoms with Gasteiger partial charge in [0.15, 0.2) is 0 Å². The van der Waals surface area contributed by atoms with Gasteiger partial charge in [0.2, 0.25) is 0 Å². The van der Waals surface area contributed by atoms with Crippen LogP contribution >= 0.6 is 0 Å². The number of carbonyl (C=O) groups excluding carboxylic acids is 1. The number of hydrogen-bond acceptors (Lipinski definition) is 1. The second-order valence-electron chi connectivity index (χ2n) is 3.33. The minimum atomic E-state index is 0.829. The molecule has 0 saturated carbocycles. The van der Waals surface area contributed by atoms with E-state index in [0.29, 0.717) is 0 Å². The third-order valence-electron chi connectivity index (χ3n) is 2.29. The van der Waals surface area contributed by atoms with E-state index in [2.05, 4.69) is 0 Å². The minimum Gasteiger partial charge on any atom is -0.299 e. The summed E-state index contributed by atoms with van der Waals surface area (Å²) in [6.45, 7) is 7.93. The monoisotopic (exact) mass is 242 g/mol. The SMILES string of the molecule is CC.C\C=C/C(=C\C)C(=C/C=O)/c1ccccc1. The largest absolute Gasteiger partial charge is 0.299 e. The first-order chi connectivity index (χ1) is 8.83. The molecule has 0 aliphatic rings. The normalized spacial score (nSPS) is 12.0. The fourth-order valence-electron chi connectivity index (χ4n) is 1.57. The van der Waals surface area contributed by atoms with Gasteiger partial charge in [-0.25, -0.2) is 0 Å². The van der Waals surface area contributed by atoms with Crippen LogP contribution in [0.2, 0.25) is 0 Å². The van der Waals surface area contributed by atoms with Crippen molar-refractivity contribution >= 4 is 11.9 Å². The average Bonchev–Trinajstić information content (AvgIpc) is 2.46. The van der Waals surface area contributed by atoms with Gasteiger partial charge in [-0.05, 0) is 36.6 Å². The number of aldehydes is 1. The quantitative estimate of drug-likeness (QED) is 0.420. The van der Waals surface area contributed by atoms with Crippen LogP contribution in [0.15, 0.2) is 60.2 Å². The molecular formula is C17H22O. The zero-order chi connectivity index (χ0) is 13.8. The van der Waals surface area contributed by atoms with Gasteiger partial charge in [-0.3, -0.25) is 4.79 Å². The van der Waals surface area contributed by atoms with Gasteiger partial charge in [0.05, 0.1) is 0 Å². The van der Waals surface area contributed by atoms with Crippen molar-refractivity contribution in [3.05, 3.63) is 65.8 Å². The van der Waals surface area contributed by atoms with Crippen LogP contribution in [0.1, 0.15) is 33.3 Å². The molecule has 0 radical (unpaired) electrons. The van der Waals surface area contributed by atoms with E-state index in [9.17, 15) is 4.79 Å². The highest BCUT2D eigenvalue weighted by Crippen LogP contribution is 2.23. The highest BCUT2D eigenvalue weighted by atomic mass is 16.1. The Balaban J connectivity index is 0.00000137. The second kappa shape index (κ2) is 10.3. The number of allylic oxidation sites excluding steroid dienone is 6. The van der Waals surface area contributed by atoms with Crippen molar-refractivity contribution in [2.24, 2.45) is 0 Å². The molecule has 0 atom stereocenters. The summed E-state index contributed by atoms with van der Waals surface area (Å²) >= 11 is 0. The molecule has 1 heteroatoms. The molecule has 18 heavy (non-hydrogen) atoms. The molecule has 96 valence electrons. The standard InChI is InChI=1S/C15H16O.C2H6/c1-3-8-13(4-2)15(11-12-16)14-9-6-5-7-10-14;1-2/h3-12H,1-2H3;1-2H3/b8-3-,13-4+,15-11-;. The summed E-state index contributed by atoms with van der Waals surface area (Å²) in [4.78, 5) is 10.7. The maximum absolute atomic E-state index is 10.7. The first kappa shape index (κ1) is 16.1. The third kappa shape index (κ3) is 4.96. The maximum Gasteiger partial charge on any atom is 0.143 e. The highest BCUT2D eigenvalue weighted by Gasteiger charge is 2.03. The fraction of sp³-hybridized carbons (Fsp3) is 0.235. The number of carbonyl (C=O) groups is 1. The number of hydrogen-bond donors (Lipinski definition) is 0. The van der Waals surface area contributed by atoms with E-state index in [4.69, 9.17) is 0 Å². The Morgan fingerprint density at radius 3 is 2.11 bits per heavy atom. The van der Waals surface area contributed by atoms with Crippen molar-refractivity contribution < 1.29 is 4.79 Å². The van der Waals surface area contributed by atoms with Crippen molar-refractivity contribution in [1.82, 2.24) is 0 Å². The van der Waals surface area contributed by atoms with Crippen LogP contribution in [-0.4, -0.2) is 6.29 Å². The van der Waals surface area contributed by atoms with E-state index in [1.165, 1.54) is 0 Å². The number of rotatable bonds is 4. The van der Waals surface area contributed by atoms with Crippen LogP contribution in [0.3, 0.4) is 0 Å². The van der Waals surface area contributed by atoms with Crippen molar-refractivity contribution in [3.8, 4) is 0 Å². The maximum atomic E-state index is 10.7. The van der Waals surface area contributed by atoms with Crippen molar-refractivity contribution in [3.63, 3.8) is 0 Å². The molecule has 0 bridgehead atoms. The molecule has 0 amide bonds. The molecule has 0 spiro atoms. The van der Waals surface area contributed by atoms with E-state index < -0.39 is 0 Å². The van der Waals surface area contributed by atoms with Crippen LogP contribution in [0.4, 0.5) is 0 Å². The molecule has 1 nitrogen and oxygen atoms in total. The molecule has 1 rings (SSSR count). The smallest absolute Gasteiger partial charge is 0.143 e. The molecule has 0 aliphatic heterocycles. The Kier molecular flexibility index (Phi) is 9.20. The summed E-state index contributed by atoms with van der Waals surface area (Å²) in [7, 11) is 0. The van der Waals surface area contributed by atoms with Gasteiger partial charge < -0.3 is 0 Å². The summed E-state index contributed by atoms with van der Waals surface area (Å²) < 4.78 is 0. The lowest BCUT2D eigenvalue weighted by molar-refractivity contribution is -0.104. The minimum absolute atomic E-state index is 0.829. The summed E-state index contributed by atoms with van der Waals surface area (Å²) in [5.41, 5.74) is 3.07. The number of benzene rings is 1. The molecule has 0 unspecified atom stereocenters. The molecule has 1 aromatic carbocycles. The lowest BCUT2D eigenvalue weighted by atomic mass is 9.97. The van der Waals surface area contributed by atoms with Gasteiger partial charge in [-0.2, -0.15) is 0 Å². The van der Waals surface area contributed by atoms with Crippen molar-refractivity contribution in [2.75, 3.05) is 0 Å². The fourth-order valence-corrected chi connectivity index (χ4v) is 1.57. The van der Waals surface area contributed by atoms with Crippen LogP contribution < -0.4 is 0 Å². The zero-order valence-corrected chi connectivity index (χ0v) is 11.7. The Hall–Kier alpha value is -1.89. The molecule has 1 aromatic rings. The Bertz CT molecular complexity index is 422. The predicted octanol–water partition coefficient (Wildman–Crippen LogP) is 4.82. The average molecular weight is 242 g/mol. The summed E-state index contributed by atoms with van der Waals surface area (Å²) in [5.74, 6) is 0. The van der Waals surface area contributed by atoms with Gasteiger partial charge in [0.1, 0.15) is 6.29 Å². The van der Waals surface area contributed by atoms with Gasteiger partial charge in [-0.15, -0.1) is 0 Å². The van der Waals surface area contributed by atoms with Crippen LogP contribution in [0, 0.1) is 0 Å². The van der Waals surface area contributed by atoms with E-state index in [0.717, 1.165) is 23.0 Å². The molecule has 0 aliphatic carbocycles. The lowest BCUT2D eigenvalue weighted by Crippen LogP contribution is -1.88. The lowest BCUT2D eigenvalue weighted by Gasteiger charge is -2.07. The molecule has 0 aromatic heterocycles. The summed E-state index contributed by atoms with van der Waals surface area (Å²) in [5, 5.41) is 0. The summed E-state index contributed by atoms with van der Waals surface area (Å²) in [6, 6.07) is 9.91. The van der Waals surface area contributed by atoms with E-state index in [1.54, 1.807) is 6.08 Å². The van der Waals surface area contributed by atoms with Gasteiger partial charge in [0.25, 0.3) is 0 Å². The van der Waals surface area contributed by atoms with Gasteiger partial charge in [-0.1, -0.05) is 62.4 Å². The second-order valence-corrected chi connectivity index (χ2v) is 3.33. The van der Waals surface area contributed by atoms with E-state index in [1.807, 2.05) is 76.3 Å². The zero-order valence-electron chi connectivity index (χ0n) is 11.7. The Morgan fingerprint density at radius 2 is 1.67 bits per heavy atom. The Morgan fingerprint density at radius 1 is 1.06 bits per heavy atom. The highest BCUT2D eigenvalue weighted by molar-refractivity contribution is 5.90. The van der Waals surface area contributed by atoms with E-state index >= 15 is 0 Å². The predicted molar refractivity (Wildman–Crippen MR) is 80.4 cm³/mol. The first-order valence-corrected chi connectivity index (χ1v) is 6.33. The van der Waals surface area contributed by atoms with Gasteiger partial charge >= 0.3 is 0 Å². The van der Waals surface area contributed by atoms with Gasteiger partial charge in [0, 0.05) is 0 Å². The third-order valence-corrected chi connectivity index (χ3v) is 2.29. The Labute approximate surface area is 111 Å². The summed E-state index contributed by atoms with van der Waals surface area (Å²) in [6.07, 6.45) is 8.40. The van der Waals surface area contributed by atoms with Crippen molar-refractivity contribution in [2.45, 2.75) is 27.7 Å². The molecule has 0 N–H and O–H groups in total. The van der Waals surface area contributed by atoms with Crippen LogP contribution in [0.5, 0.6) is 0 Å². The van der Waals surface area contributed by atoms with E-state index in [-0.39, 0.29) is 0 Å². The molecular weight excluding hydrogens is 220 g/mol. The van der Waals surface area contributed by atoms with Crippen LogP contribution in [0.25, 0.3) is 5.57 Å². The van der Waals surface area contributed by atoms with Crippen LogP contribution in [-0.2, 0) is 4.79 Å². The topological polar surface area (TPSA) is 17.1 Å². The molecule has 0 saturated heterocycles. The first-order valence-electron chi connectivity index (χ1n) is 6.33. The molecule has 0 heterocycles. The van der Waals surface area contributed by atoms with Crippen molar-refractivity contribution in [1.29, 1.82) is 0 Å².